The molecule has 11 nitrogen and oxygen atoms in total. The number of piperidine rings is 1. The van der Waals surface area contributed by atoms with Gasteiger partial charge in [-0.2, -0.15) is 13.2 Å². The molecule has 0 saturated carbocycles. The van der Waals surface area contributed by atoms with E-state index in [2.05, 4.69) is 10.6 Å². The fourth-order valence-corrected chi connectivity index (χ4v) is 4.04. The summed E-state index contributed by atoms with van der Waals surface area (Å²) in [5, 5.41) is 22.5. The lowest BCUT2D eigenvalue weighted by Crippen LogP contribution is -2.54. The highest BCUT2D eigenvalue weighted by molar-refractivity contribution is 6.58. The van der Waals surface area contributed by atoms with Gasteiger partial charge < -0.3 is 42.8 Å². The lowest BCUT2D eigenvalue weighted by atomic mass is 9.80. The molecule has 238 valence electrons. The Labute approximate surface area is 250 Å². The molecule has 0 aliphatic carbocycles. The molecule has 3 amide bonds. The lowest BCUT2D eigenvalue weighted by molar-refractivity contribution is -0.137. The Morgan fingerprint density at radius 2 is 1.70 bits per heavy atom. The molecule has 1 aliphatic heterocycles. The average Bonchev–Trinajstić information content (AvgIpc) is 2.96. The van der Waals surface area contributed by atoms with Crippen molar-refractivity contribution < 1.29 is 37.6 Å². The van der Waals surface area contributed by atoms with Crippen LogP contribution in [0.5, 0.6) is 0 Å². The van der Waals surface area contributed by atoms with Crippen LogP contribution in [0.15, 0.2) is 48.5 Å². The normalized spacial score (nSPS) is 16.8. The summed E-state index contributed by atoms with van der Waals surface area (Å²) in [7, 11) is -1.50. The predicted octanol–water partition coefficient (Wildman–Crippen LogP) is 0.319. The van der Waals surface area contributed by atoms with E-state index in [0.29, 0.717) is 43.6 Å². The Kier molecular flexibility index (Phi) is 16.5. The van der Waals surface area contributed by atoms with Crippen molar-refractivity contribution >= 4 is 36.5 Å². The van der Waals surface area contributed by atoms with Gasteiger partial charge in [-0.25, -0.2) is 0 Å². The van der Waals surface area contributed by atoms with Crippen LogP contribution in [0.1, 0.15) is 44.2 Å². The molecule has 15 heteroatoms. The summed E-state index contributed by atoms with van der Waals surface area (Å²) in [5.74, 6) is -0.257. The van der Waals surface area contributed by atoms with Crippen LogP contribution in [0.2, 0.25) is 0 Å². The molecule has 3 unspecified atom stereocenters. The van der Waals surface area contributed by atoms with Crippen molar-refractivity contribution in [2.24, 2.45) is 17.2 Å². The monoisotopic (exact) mass is 610 g/mol. The topological polar surface area (TPSA) is 197 Å². The van der Waals surface area contributed by atoms with Crippen molar-refractivity contribution in [1.29, 1.82) is 0 Å². The summed E-state index contributed by atoms with van der Waals surface area (Å²) in [5.41, 5.74) is 18.6. The number of nitrogens with one attached hydrogen (secondary N) is 2. The van der Waals surface area contributed by atoms with Gasteiger partial charge in [0.05, 0.1) is 11.6 Å². The highest BCUT2D eigenvalue weighted by Crippen LogP contribution is 2.29. The predicted molar refractivity (Wildman–Crippen MR) is 160 cm³/mol. The molecule has 3 atom stereocenters. The van der Waals surface area contributed by atoms with E-state index in [1.54, 1.807) is 23.1 Å². The van der Waals surface area contributed by atoms with E-state index in [1.807, 2.05) is 13.8 Å². The molecule has 10 N–H and O–H groups in total. The van der Waals surface area contributed by atoms with Gasteiger partial charge in [0.2, 0.25) is 18.2 Å². The van der Waals surface area contributed by atoms with Crippen LogP contribution in [-0.2, 0) is 27.0 Å². The van der Waals surface area contributed by atoms with E-state index in [0.717, 1.165) is 30.5 Å². The second kappa shape index (κ2) is 18.9. The molecule has 43 heavy (non-hydrogen) atoms. The standard InChI is InChI=1S/C12H25N5O2.C9H9F3.C7H8BNO3/c1-2-16-12(19)10(15)3-4-11(18)17-6-8(13)5-9(14)7-17;1-2-7-3-5-8(6-4-7)9(10,11)12;10-5-9-7-3-1-2-6(4-7)8(11)12/h8-10H,2-7,13-15H2,1H3,(H,16,19);3-6H,2H2,1H3;1-5,11-12H,(H,9,10). The summed E-state index contributed by atoms with van der Waals surface area (Å²) in [6.45, 7) is 5.33. The van der Waals surface area contributed by atoms with E-state index in [4.69, 9.17) is 27.2 Å². The van der Waals surface area contributed by atoms with Crippen molar-refractivity contribution in [1.82, 2.24) is 10.2 Å². The third-order valence-corrected chi connectivity index (χ3v) is 6.32. The number of nitrogens with two attached hydrogens (primary N) is 3. The molecule has 2 aromatic carbocycles. The number of amides is 3. The number of rotatable bonds is 9. The highest BCUT2D eigenvalue weighted by Gasteiger charge is 2.30. The summed E-state index contributed by atoms with van der Waals surface area (Å²) >= 11 is 0. The fourth-order valence-electron chi connectivity index (χ4n) is 4.04. The number of anilines is 1. The van der Waals surface area contributed by atoms with Crippen molar-refractivity contribution in [2.75, 3.05) is 25.0 Å². The van der Waals surface area contributed by atoms with E-state index in [1.165, 1.54) is 18.2 Å². The van der Waals surface area contributed by atoms with Crippen LogP contribution in [-0.4, -0.2) is 78.1 Å². The minimum Gasteiger partial charge on any atom is -0.423 e. The Hall–Kier alpha value is -3.50. The van der Waals surface area contributed by atoms with Crippen molar-refractivity contribution in [3.05, 3.63) is 59.7 Å². The van der Waals surface area contributed by atoms with Gasteiger partial charge in [-0.05, 0) is 61.5 Å². The number of likely N-dealkylation sites (tertiary alicyclic amines) is 1. The van der Waals surface area contributed by atoms with E-state index < -0.39 is 24.9 Å². The maximum Gasteiger partial charge on any atom is 0.488 e. The number of hydrogen-bond donors (Lipinski definition) is 7. The molecule has 1 saturated heterocycles. The quantitative estimate of drug-likeness (QED) is 0.156. The van der Waals surface area contributed by atoms with Crippen LogP contribution in [0.4, 0.5) is 18.9 Å². The Bertz CT molecular complexity index is 1130. The van der Waals surface area contributed by atoms with Crippen LogP contribution in [0.25, 0.3) is 0 Å². The Morgan fingerprint density at radius 1 is 1.09 bits per heavy atom. The number of carbonyl (C=O) groups is 3. The van der Waals surface area contributed by atoms with Crippen molar-refractivity contribution in [3.63, 3.8) is 0 Å². The van der Waals surface area contributed by atoms with E-state index in [9.17, 15) is 27.6 Å². The van der Waals surface area contributed by atoms with Gasteiger partial charge in [0.25, 0.3) is 0 Å². The number of nitrogens with zero attached hydrogens (tertiary/aromatic N) is 1. The van der Waals surface area contributed by atoms with Gasteiger partial charge in [0.15, 0.2) is 0 Å². The first-order valence-electron chi connectivity index (χ1n) is 13.9. The minimum absolute atomic E-state index is 0.0367. The zero-order valence-corrected chi connectivity index (χ0v) is 24.4. The van der Waals surface area contributed by atoms with Gasteiger partial charge in [-0.15, -0.1) is 0 Å². The molecule has 1 heterocycles. The first-order valence-corrected chi connectivity index (χ1v) is 13.9. The second-order valence-corrected chi connectivity index (χ2v) is 9.90. The molecule has 1 aliphatic rings. The number of alkyl halides is 3. The molecular weight excluding hydrogens is 568 g/mol. The third-order valence-electron chi connectivity index (χ3n) is 6.32. The lowest BCUT2D eigenvalue weighted by Gasteiger charge is -2.34. The largest absolute Gasteiger partial charge is 0.488 e. The first kappa shape index (κ1) is 37.5. The van der Waals surface area contributed by atoms with Gasteiger partial charge >= 0.3 is 13.3 Å². The molecule has 1 fully saturated rings. The van der Waals surface area contributed by atoms with Gasteiger partial charge in [-0.3, -0.25) is 14.4 Å². The molecule has 3 rings (SSSR count). The van der Waals surface area contributed by atoms with Crippen LogP contribution >= 0.6 is 0 Å². The highest BCUT2D eigenvalue weighted by atomic mass is 19.4. The van der Waals surface area contributed by atoms with E-state index >= 15 is 0 Å². The van der Waals surface area contributed by atoms with Gasteiger partial charge in [0.1, 0.15) is 0 Å². The Morgan fingerprint density at radius 3 is 2.19 bits per heavy atom. The molecule has 0 aromatic heterocycles. The number of hydrogen-bond acceptors (Lipinski definition) is 8. The maximum absolute atomic E-state index is 12.0. The average molecular weight is 610 g/mol. The third kappa shape index (κ3) is 14.5. The van der Waals surface area contributed by atoms with Gasteiger partial charge in [0, 0.05) is 43.8 Å². The van der Waals surface area contributed by atoms with Gasteiger partial charge in [-0.1, -0.05) is 31.2 Å². The van der Waals surface area contributed by atoms with E-state index in [-0.39, 0.29) is 30.3 Å². The minimum atomic E-state index is -4.22. The Balaban J connectivity index is 0.000000337. The zero-order chi connectivity index (χ0) is 32.6. The number of halogens is 3. The second-order valence-electron chi connectivity index (χ2n) is 9.90. The number of benzene rings is 2. The molecule has 2 aromatic rings. The number of likely N-dealkylation sites (N-methyl/N-ethyl adjacent to an activating group) is 1. The first-order chi connectivity index (χ1) is 20.2. The number of carbonyl (C=O) groups excluding carboxylic acids is 3. The smallest absolute Gasteiger partial charge is 0.423 e. The van der Waals surface area contributed by atoms with Crippen LogP contribution in [0.3, 0.4) is 0 Å². The summed E-state index contributed by atoms with van der Waals surface area (Å²) in [4.78, 5) is 35.1. The van der Waals surface area contributed by atoms with Crippen LogP contribution in [0, 0.1) is 0 Å². The van der Waals surface area contributed by atoms with Crippen molar-refractivity contribution in [2.45, 2.75) is 63.8 Å². The van der Waals surface area contributed by atoms with Crippen molar-refractivity contribution in [3.8, 4) is 0 Å². The SMILES string of the molecule is CCNC(=O)C(N)CCC(=O)N1CC(N)CC(N)C1.CCc1ccc(C(F)(F)F)cc1.O=CNc1cccc(B(O)O)c1. The van der Waals surface area contributed by atoms with Crippen LogP contribution < -0.4 is 33.3 Å². The number of aryl methyl sites for hydroxylation is 1. The zero-order valence-electron chi connectivity index (χ0n) is 24.4. The maximum atomic E-state index is 12.0. The summed E-state index contributed by atoms with van der Waals surface area (Å²) in [6.07, 6.45) is -1.60. The molecular formula is C28H42BF3N6O5. The molecule has 0 radical (unpaired) electrons. The summed E-state index contributed by atoms with van der Waals surface area (Å²) in [6, 6.07) is 10.8. The summed E-state index contributed by atoms with van der Waals surface area (Å²) < 4.78 is 36.1. The molecule has 0 spiro atoms. The molecule has 0 bridgehead atoms. The fraction of sp³-hybridized carbons (Fsp3) is 0.464.